The number of aromatic nitrogens is 2. The number of carbonyl (C=O) groups excluding carboxylic acids is 2. The number of pyridine rings is 2. The maximum atomic E-state index is 13.5. The van der Waals surface area contributed by atoms with Gasteiger partial charge in [-0.15, -0.1) is 0 Å². The van der Waals surface area contributed by atoms with E-state index in [0.29, 0.717) is 17.3 Å². The summed E-state index contributed by atoms with van der Waals surface area (Å²) in [6.07, 6.45) is 6.34. The van der Waals surface area contributed by atoms with Gasteiger partial charge in [0.25, 0.3) is 11.7 Å². The Labute approximate surface area is 235 Å². The number of Topliss-reactive ketones (excluding diaryl/α,β-unsaturated/α-hetero) is 1. The number of anilines is 3. The van der Waals surface area contributed by atoms with Crippen LogP contribution in [0.25, 0.3) is 5.52 Å². The lowest BCUT2D eigenvalue weighted by Gasteiger charge is -2.37. The van der Waals surface area contributed by atoms with Crippen LogP contribution in [-0.2, 0) is 4.79 Å². The molecule has 0 radical (unpaired) electrons. The number of nitrogens with zero attached hydrogens (tertiary/aromatic N) is 4. The molecule has 2 fully saturated rings. The Morgan fingerprint density at radius 2 is 1.62 bits per heavy atom. The van der Waals surface area contributed by atoms with Crippen molar-refractivity contribution in [2.75, 3.05) is 41.3 Å². The second-order valence-corrected chi connectivity index (χ2v) is 11.3. The number of aryl methyl sites for hydroxylation is 3. The van der Waals surface area contributed by atoms with Crippen molar-refractivity contribution in [1.29, 1.82) is 0 Å². The van der Waals surface area contributed by atoms with Crippen LogP contribution < -0.4 is 15.1 Å². The average molecular weight is 536 g/mol. The standard InChI is InChI=1S/C33H37N5O2/c1-22-18-24(3)34-30(19-22)37-16-14-36(15-17-37)29-12-11-26(20-23(29)2)35-33(40)32(39)31-28(25-8-4-5-9-25)21-27-10-6-7-13-38(27)31/h6-7,10-13,18-21,25H,4-5,8-9,14-17H2,1-3H3,(H,35,40). The summed E-state index contributed by atoms with van der Waals surface area (Å²) in [5.74, 6) is 0.304. The second-order valence-electron chi connectivity index (χ2n) is 11.3. The number of hydrogen-bond donors (Lipinski definition) is 1. The molecule has 6 rings (SSSR count). The van der Waals surface area contributed by atoms with Crippen LogP contribution in [0.5, 0.6) is 0 Å². The molecule has 1 aliphatic carbocycles. The molecule has 206 valence electrons. The summed E-state index contributed by atoms with van der Waals surface area (Å²) in [5.41, 5.74) is 7.60. The molecule has 1 aromatic carbocycles. The highest BCUT2D eigenvalue weighted by Crippen LogP contribution is 2.37. The van der Waals surface area contributed by atoms with Crippen LogP contribution in [0.1, 0.15) is 64.5 Å². The first kappa shape index (κ1) is 26.1. The number of piperazine rings is 1. The zero-order valence-electron chi connectivity index (χ0n) is 23.6. The SMILES string of the molecule is Cc1cc(C)nc(N2CCN(c3ccc(NC(=O)C(=O)c4c(C5CCCC5)cc5ccccn45)cc3C)CC2)c1. The minimum Gasteiger partial charge on any atom is -0.368 e. The largest absolute Gasteiger partial charge is 0.368 e. The molecule has 1 aliphatic heterocycles. The van der Waals surface area contributed by atoms with Crippen LogP contribution in [0.15, 0.2) is 60.8 Å². The molecule has 1 saturated heterocycles. The summed E-state index contributed by atoms with van der Waals surface area (Å²) in [5, 5.41) is 2.89. The third-order valence-corrected chi connectivity index (χ3v) is 8.41. The summed E-state index contributed by atoms with van der Waals surface area (Å²) >= 11 is 0. The van der Waals surface area contributed by atoms with Crippen molar-refractivity contribution in [2.45, 2.75) is 52.4 Å². The van der Waals surface area contributed by atoms with Gasteiger partial charge in [0, 0.05) is 55.0 Å². The Kier molecular flexibility index (Phi) is 7.05. The fourth-order valence-corrected chi connectivity index (χ4v) is 6.47. The van der Waals surface area contributed by atoms with Crippen LogP contribution >= 0.6 is 0 Å². The first-order valence-corrected chi connectivity index (χ1v) is 14.4. The predicted octanol–water partition coefficient (Wildman–Crippen LogP) is 6.07. The Balaban J connectivity index is 1.15. The Bertz CT molecular complexity index is 1560. The molecule has 3 aromatic heterocycles. The van der Waals surface area contributed by atoms with Gasteiger partial charge in [-0.25, -0.2) is 4.98 Å². The van der Waals surface area contributed by atoms with E-state index < -0.39 is 11.7 Å². The summed E-state index contributed by atoms with van der Waals surface area (Å²) in [4.78, 5) is 36.2. The molecule has 0 atom stereocenters. The Morgan fingerprint density at radius 1 is 0.875 bits per heavy atom. The van der Waals surface area contributed by atoms with Crippen LogP contribution in [-0.4, -0.2) is 47.3 Å². The molecule has 0 unspecified atom stereocenters. The van der Waals surface area contributed by atoms with Crippen molar-refractivity contribution < 1.29 is 9.59 Å². The van der Waals surface area contributed by atoms with Gasteiger partial charge >= 0.3 is 0 Å². The van der Waals surface area contributed by atoms with Crippen LogP contribution in [0.3, 0.4) is 0 Å². The molecular weight excluding hydrogens is 498 g/mol. The number of ketones is 1. The first-order chi connectivity index (χ1) is 19.4. The highest BCUT2D eigenvalue weighted by Gasteiger charge is 2.29. The minimum atomic E-state index is -0.593. The molecule has 0 bridgehead atoms. The number of nitrogens with one attached hydrogen (secondary N) is 1. The van der Waals surface area contributed by atoms with E-state index in [-0.39, 0.29) is 0 Å². The molecule has 1 amide bonds. The van der Waals surface area contributed by atoms with Gasteiger partial charge in [0.15, 0.2) is 0 Å². The predicted molar refractivity (Wildman–Crippen MR) is 161 cm³/mol. The van der Waals surface area contributed by atoms with E-state index in [2.05, 4.69) is 53.2 Å². The summed E-state index contributed by atoms with van der Waals surface area (Å²) in [6, 6.07) is 18.1. The number of carbonyl (C=O) groups is 2. The molecule has 2 aliphatic rings. The lowest BCUT2D eigenvalue weighted by Crippen LogP contribution is -2.47. The van der Waals surface area contributed by atoms with Gasteiger partial charge in [0.05, 0.1) is 0 Å². The van der Waals surface area contributed by atoms with E-state index in [4.69, 9.17) is 4.98 Å². The molecule has 4 heterocycles. The zero-order chi connectivity index (χ0) is 27.8. The van der Waals surface area contributed by atoms with Gasteiger partial charge in [-0.3, -0.25) is 9.59 Å². The maximum Gasteiger partial charge on any atom is 0.298 e. The van der Waals surface area contributed by atoms with Gasteiger partial charge in [-0.2, -0.15) is 0 Å². The van der Waals surface area contributed by atoms with Crippen molar-refractivity contribution in [3.63, 3.8) is 0 Å². The van der Waals surface area contributed by atoms with Crippen molar-refractivity contribution in [2.24, 2.45) is 0 Å². The quantitative estimate of drug-likeness (QED) is 0.240. The van der Waals surface area contributed by atoms with E-state index >= 15 is 0 Å². The summed E-state index contributed by atoms with van der Waals surface area (Å²) in [7, 11) is 0. The smallest absolute Gasteiger partial charge is 0.298 e. The highest BCUT2D eigenvalue weighted by atomic mass is 16.2. The number of fused-ring (bicyclic) bond motifs is 1. The number of hydrogen-bond acceptors (Lipinski definition) is 5. The van der Waals surface area contributed by atoms with E-state index in [1.807, 2.05) is 47.9 Å². The lowest BCUT2D eigenvalue weighted by atomic mass is 9.96. The topological polar surface area (TPSA) is 70.0 Å². The molecule has 40 heavy (non-hydrogen) atoms. The molecular formula is C33H37N5O2. The van der Waals surface area contributed by atoms with Gasteiger partial charge in [0.2, 0.25) is 0 Å². The molecule has 4 aromatic rings. The number of benzene rings is 1. The second kappa shape index (κ2) is 10.8. The van der Waals surface area contributed by atoms with Gasteiger partial charge < -0.3 is 19.5 Å². The van der Waals surface area contributed by atoms with Crippen molar-refractivity contribution in [1.82, 2.24) is 9.38 Å². The van der Waals surface area contributed by atoms with Gasteiger partial charge in [0.1, 0.15) is 11.5 Å². The van der Waals surface area contributed by atoms with Crippen molar-refractivity contribution in [3.8, 4) is 0 Å². The van der Waals surface area contributed by atoms with E-state index in [1.54, 1.807) is 0 Å². The summed E-state index contributed by atoms with van der Waals surface area (Å²) in [6.45, 7) is 9.80. The van der Waals surface area contributed by atoms with Crippen LogP contribution in [0, 0.1) is 20.8 Å². The van der Waals surface area contributed by atoms with E-state index in [0.717, 1.165) is 72.9 Å². The maximum absolute atomic E-state index is 13.5. The summed E-state index contributed by atoms with van der Waals surface area (Å²) < 4.78 is 1.87. The van der Waals surface area contributed by atoms with Gasteiger partial charge in [-0.1, -0.05) is 18.9 Å². The third kappa shape index (κ3) is 5.08. The molecule has 0 spiro atoms. The zero-order valence-corrected chi connectivity index (χ0v) is 23.6. The third-order valence-electron chi connectivity index (χ3n) is 8.41. The lowest BCUT2D eigenvalue weighted by molar-refractivity contribution is -0.112. The minimum absolute atomic E-state index is 0.333. The van der Waals surface area contributed by atoms with E-state index in [9.17, 15) is 9.59 Å². The van der Waals surface area contributed by atoms with Crippen LogP contribution in [0.4, 0.5) is 17.2 Å². The van der Waals surface area contributed by atoms with Gasteiger partial charge in [-0.05, 0) is 105 Å². The fourth-order valence-electron chi connectivity index (χ4n) is 6.47. The number of amides is 1. The molecule has 1 saturated carbocycles. The Morgan fingerprint density at radius 3 is 2.35 bits per heavy atom. The fraction of sp³-hybridized carbons (Fsp3) is 0.364. The molecule has 7 nitrogen and oxygen atoms in total. The van der Waals surface area contributed by atoms with Crippen LogP contribution in [0.2, 0.25) is 0 Å². The molecule has 7 heteroatoms. The average Bonchev–Trinajstić information content (AvgIpc) is 3.61. The Hall–Kier alpha value is -4.13. The van der Waals surface area contributed by atoms with Crippen molar-refractivity contribution in [3.05, 3.63) is 88.9 Å². The normalized spacial score (nSPS) is 16.1. The molecule has 1 N–H and O–H groups in total. The van der Waals surface area contributed by atoms with Crippen molar-refractivity contribution >= 4 is 34.4 Å². The van der Waals surface area contributed by atoms with E-state index in [1.165, 1.54) is 18.4 Å². The highest BCUT2D eigenvalue weighted by molar-refractivity contribution is 6.46. The first-order valence-electron chi connectivity index (χ1n) is 14.4. The number of rotatable bonds is 6. The monoisotopic (exact) mass is 535 g/mol.